The van der Waals surface area contributed by atoms with E-state index in [0.717, 1.165) is 35.9 Å². The molecule has 0 saturated carbocycles. The summed E-state index contributed by atoms with van der Waals surface area (Å²) in [6.45, 7) is 7.87. The Bertz CT molecular complexity index is 843. The van der Waals surface area contributed by atoms with Gasteiger partial charge in [-0.25, -0.2) is 4.98 Å². The molecule has 0 aromatic carbocycles. The first-order valence-electron chi connectivity index (χ1n) is 8.80. The predicted octanol–water partition coefficient (Wildman–Crippen LogP) is 3.93. The zero-order valence-electron chi connectivity index (χ0n) is 15.0. The van der Waals surface area contributed by atoms with Crippen molar-refractivity contribution in [3.63, 3.8) is 0 Å². The number of fused-ring (bicyclic) bond motifs is 3. The molecular weight excluding hydrogens is 356 g/mol. The van der Waals surface area contributed by atoms with Crippen LogP contribution in [0.1, 0.15) is 51.0 Å². The molecule has 1 aliphatic carbocycles. The van der Waals surface area contributed by atoms with E-state index in [1.165, 1.54) is 22.2 Å². The van der Waals surface area contributed by atoms with Crippen LogP contribution in [0.3, 0.4) is 0 Å². The van der Waals surface area contributed by atoms with Crippen LogP contribution >= 0.6 is 23.1 Å². The summed E-state index contributed by atoms with van der Waals surface area (Å²) >= 11 is 2.87. The van der Waals surface area contributed by atoms with Gasteiger partial charge in [-0.3, -0.25) is 9.59 Å². The van der Waals surface area contributed by atoms with E-state index < -0.39 is 5.25 Å². The zero-order chi connectivity index (χ0) is 18.1. The van der Waals surface area contributed by atoms with Gasteiger partial charge in [-0.05, 0) is 51.0 Å². The Morgan fingerprint density at radius 1 is 1.48 bits per heavy atom. The minimum atomic E-state index is -0.413. The smallest absolute Gasteiger partial charge is 0.319 e. The molecule has 0 fully saturated rings. The molecule has 1 N–H and O–H groups in total. The van der Waals surface area contributed by atoms with Gasteiger partial charge in [0, 0.05) is 4.88 Å². The van der Waals surface area contributed by atoms with Gasteiger partial charge in [-0.1, -0.05) is 25.6 Å². The van der Waals surface area contributed by atoms with Gasteiger partial charge in [-0.15, -0.1) is 11.3 Å². The summed E-state index contributed by atoms with van der Waals surface area (Å²) < 4.78 is 5.35. The molecule has 0 bridgehead atoms. The second kappa shape index (κ2) is 7.50. The molecule has 0 amide bonds. The van der Waals surface area contributed by atoms with Gasteiger partial charge in [0.2, 0.25) is 0 Å². The highest BCUT2D eigenvalue weighted by Crippen LogP contribution is 2.36. The molecule has 0 saturated heterocycles. The van der Waals surface area contributed by atoms with Crippen molar-refractivity contribution in [3.8, 4) is 0 Å². The second-order valence-corrected chi connectivity index (χ2v) is 9.23. The molecule has 1 aliphatic rings. The summed E-state index contributed by atoms with van der Waals surface area (Å²) in [6.07, 6.45) is 3.77. The maximum Gasteiger partial charge on any atom is 0.319 e. The van der Waals surface area contributed by atoms with Crippen LogP contribution in [0.25, 0.3) is 10.2 Å². The van der Waals surface area contributed by atoms with E-state index in [-0.39, 0.29) is 17.6 Å². The quantitative estimate of drug-likeness (QED) is 0.483. The lowest BCUT2D eigenvalue weighted by atomic mass is 9.89. The molecule has 5 nitrogen and oxygen atoms in total. The fourth-order valence-electron chi connectivity index (χ4n) is 2.98. The maximum absolute atomic E-state index is 12.6. The first-order chi connectivity index (χ1) is 11.9. The molecule has 3 unspecified atom stereocenters. The number of hydrogen-bond donors (Lipinski definition) is 1. The predicted molar refractivity (Wildman–Crippen MR) is 103 cm³/mol. The third-order valence-corrected chi connectivity index (χ3v) is 6.77. The highest BCUT2D eigenvalue weighted by atomic mass is 32.2. The van der Waals surface area contributed by atoms with Crippen LogP contribution in [0, 0.1) is 5.92 Å². The van der Waals surface area contributed by atoms with Gasteiger partial charge in [0.25, 0.3) is 5.56 Å². The number of ether oxygens (including phenoxy) is 1. The first-order valence-corrected chi connectivity index (χ1v) is 10.5. The molecule has 2 aromatic rings. The van der Waals surface area contributed by atoms with Crippen molar-refractivity contribution in [3.05, 3.63) is 20.8 Å². The van der Waals surface area contributed by atoms with Crippen LogP contribution in [0.2, 0.25) is 0 Å². The topological polar surface area (TPSA) is 72.0 Å². The van der Waals surface area contributed by atoms with Crippen molar-refractivity contribution in [1.82, 2.24) is 9.97 Å². The van der Waals surface area contributed by atoms with E-state index >= 15 is 0 Å². The SMILES string of the molecule is CCC(C)OC(=O)C(C)Sc1nc2sc3c(c2c(=O)[nH]1)CCC(C)C3. The van der Waals surface area contributed by atoms with Crippen LogP contribution in [0.5, 0.6) is 0 Å². The Kier molecular flexibility index (Phi) is 5.53. The van der Waals surface area contributed by atoms with E-state index in [1.54, 1.807) is 18.3 Å². The van der Waals surface area contributed by atoms with E-state index in [2.05, 4.69) is 16.9 Å². The summed E-state index contributed by atoms with van der Waals surface area (Å²) in [7, 11) is 0. The second-order valence-electron chi connectivity index (χ2n) is 6.82. The Hall–Kier alpha value is -1.34. The number of carbonyl (C=O) groups is 1. The largest absolute Gasteiger partial charge is 0.462 e. The lowest BCUT2D eigenvalue weighted by Gasteiger charge is -2.17. The number of aromatic amines is 1. The standard InChI is InChI=1S/C18H24N2O3S2/c1-5-10(3)23-17(22)11(4)24-18-19-15(21)14-12-7-6-9(2)8-13(12)25-16(14)20-18/h9-11H,5-8H2,1-4H3,(H,19,20,21). The van der Waals surface area contributed by atoms with E-state index in [9.17, 15) is 9.59 Å². The maximum atomic E-state index is 12.6. The molecule has 7 heteroatoms. The van der Waals surface area contributed by atoms with Crippen LogP contribution in [0.4, 0.5) is 0 Å². The molecule has 0 aliphatic heterocycles. The van der Waals surface area contributed by atoms with Crippen molar-refractivity contribution in [2.24, 2.45) is 5.92 Å². The Morgan fingerprint density at radius 3 is 2.96 bits per heavy atom. The van der Waals surface area contributed by atoms with Crippen molar-refractivity contribution in [2.45, 2.75) is 69.9 Å². The van der Waals surface area contributed by atoms with Gasteiger partial charge >= 0.3 is 5.97 Å². The summed E-state index contributed by atoms with van der Waals surface area (Å²) in [5.74, 6) is 0.380. The number of esters is 1. The lowest BCUT2D eigenvalue weighted by Crippen LogP contribution is -2.22. The monoisotopic (exact) mass is 380 g/mol. The minimum absolute atomic E-state index is 0.0953. The fourth-order valence-corrected chi connectivity index (χ4v) is 5.20. The molecule has 136 valence electrons. The number of H-pyrrole nitrogens is 1. The normalized spacial score (nSPS) is 19.4. The number of carbonyl (C=O) groups excluding carboxylic acids is 1. The first kappa shape index (κ1) is 18.5. The number of thiophene rings is 1. The Labute approximate surface area is 155 Å². The van der Waals surface area contributed by atoms with Gasteiger partial charge in [-0.2, -0.15) is 0 Å². The molecular formula is C18H24N2O3S2. The molecule has 3 rings (SSSR count). The van der Waals surface area contributed by atoms with Crippen molar-refractivity contribution in [2.75, 3.05) is 0 Å². The fraction of sp³-hybridized carbons (Fsp3) is 0.611. The summed E-state index contributed by atoms with van der Waals surface area (Å²) in [4.78, 5) is 34.2. The number of rotatable bonds is 5. The van der Waals surface area contributed by atoms with Crippen LogP contribution < -0.4 is 5.56 Å². The molecule has 3 atom stereocenters. The van der Waals surface area contributed by atoms with Crippen molar-refractivity contribution < 1.29 is 9.53 Å². The van der Waals surface area contributed by atoms with Gasteiger partial charge in [0.05, 0.1) is 11.5 Å². The number of hydrogen-bond acceptors (Lipinski definition) is 6. The minimum Gasteiger partial charge on any atom is -0.462 e. The molecule has 2 aromatic heterocycles. The summed E-state index contributed by atoms with van der Waals surface area (Å²) in [6, 6.07) is 0. The highest BCUT2D eigenvalue weighted by Gasteiger charge is 2.24. The van der Waals surface area contributed by atoms with Gasteiger partial charge < -0.3 is 9.72 Å². The molecule has 25 heavy (non-hydrogen) atoms. The van der Waals surface area contributed by atoms with Crippen LogP contribution in [0.15, 0.2) is 9.95 Å². The third kappa shape index (κ3) is 3.92. The third-order valence-electron chi connectivity index (χ3n) is 4.66. The molecule has 0 radical (unpaired) electrons. The molecule has 2 heterocycles. The Balaban J connectivity index is 1.84. The van der Waals surface area contributed by atoms with Crippen LogP contribution in [-0.2, 0) is 22.4 Å². The number of thioether (sulfide) groups is 1. The van der Waals surface area contributed by atoms with E-state index in [4.69, 9.17) is 4.74 Å². The van der Waals surface area contributed by atoms with Crippen molar-refractivity contribution in [1.29, 1.82) is 0 Å². The van der Waals surface area contributed by atoms with Crippen molar-refractivity contribution >= 4 is 39.3 Å². The highest BCUT2D eigenvalue weighted by molar-refractivity contribution is 8.00. The van der Waals surface area contributed by atoms with Gasteiger partial charge in [0.1, 0.15) is 10.1 Å². The average molecular weight is 381 g/mol. The summed E-state index contributed by atoms with van der Waals surface area (Å²) in [5.41, 5.74) is 1.08. The number of nitrogens with zero attached hydrogens (tertiary/aromatic N) is 1. The van der Waals surface area contributed by atoms with E-state index in [0.29, 0.717) is 11.1 Å². The zero-order valence-corrected chi connectivity index (χ0v) is 16.7. The van der Waals surface area contributed by atoms with E-state index in [1.807, 2.05) is 13.8 Å². The molecule has 0 spiro atoms. The summed E-state index contributed by atoms with van der Waals surface area (Å²) in [5, 5.41) is 0.813. The lowest BCUT2D eigenvalue weighted by molar-refractivity contribution is -0.147. The van der Waals surface area contributed by atoms with Gasteiger partial charge in [0.15, 0.2) is 5.16 Å². The number of aryl methyl sites for hydroxylation is 1. The Morgan fingerprint density at radius 2 is 2.24 bits per heavy atom. The average Bonchev–Trinajstić information content (AvgIpc) is 2.91. The number of aromatic nitrogens is 2. The number of nitrogens with one attached hydrogen (secondary N) is 1. The van der Waals surface area contributed by atoms with Crippen LogP contribution in [-0.4, -0.2) is 27.3 Å².